The third-order valence-electron chi connectivity index (χ3n) is 3.94. The SMILES string of the molecule is COC(=O)Cc1ccc2oc(-c3ccc(OC)cc3O)c(SC)c2c1. The van der Waals surface area contributed by atoms with E-state index in [0.717, 1.165) is 15.8 Å². The number of ether oxygens (including phenoxy) is 2. The van der Waals surface area contributed by atoms with E-state index >= 15 is 0 Å². The van der Waals surface area contributed by atoms with E-state index in [1.165, 1.54) is 18.9 Å². The molecule has 130 valence electrons. The van der Waals surface area contributed by atoms with Gasteiger partial charge in [-0.25, -0.2) is 0 Å². The molecule has 0 saturated carbocycles. The molecule has 3 rings (SSSR count). The third-order valence-corrected chi connectivity index (χ3v) is 4.75. The molecular formula is C19H18O5S. The van der Waals surface area contributed by atoms with E-state index in [9.17, 15) is 9.90 Å². The molecule has 0 saturated heterocycles. The molecule has 25 heavy (non-hydrogen) atoms. The number of fused-ring (bicyclic) bond motifs is 1. The number of carbonyl (C=O) groups excluding carboxylic acids is 1. The lowest BCUT2D eigenvalue weighted by Gasteiger charge is -2.06. The Labute approximate surface area is 149 Å². The average molecular weight is 358 g/mol. The summed E-state index contributed by atoms with van der Waals surface area (Å²) in [5.74, 6) is 0.964. The van der Waals surface area contributed by atoms with Crippen LogP contribution >= 0.6 is 11.8 Å². The first-order chi connectivity index (χ1) is 12.1. The van der Waals surface area contributed by atoms with Crippen molar-refractivity contribution in [1.82, 2.24) is 0 Å². The normalized spacial score (nSPS) is 10.8. The molecular weight excluding hydrogens is 340 g/mol. The van der Waals surface area contributed by atoms with Gasteiger partial charge >= 0.3 is 5.97 Å². The minimum absolute atomic E-state index is 0.0866. The Kier molecular flexibility index (Phi) is 4.90. The van der Waals surface area contributed by atoms with Crippen LogP contribution in [-0.4, -0.2) is 31.6 Å². The Morgan fingerprint density at radius 1 is 1.20 bits per heavy atom. The molecule has 0 aliphatic rings. The first kappa shape index (κ1) is 17.2. The predicted octanol–water partition coefficient (Wildman–Crippen LogP) is 4.25. The quantitative estimate of drug-likeness (QED) is 0.543. The Morgan fingerprint density at radius 3 is 2.64 bits per heavy atom. The van der Waals surface area contributed by atoms with E-state index < -0.39 is 0 Å². The zero-order valence-corrected chi connectivity index (χ0v) is 15.0. The van der Waals surface area contributed by atoms with E-state index in [1.54, 1.807) is 25.3 Å². The maximum absolute atomic E-state index is 11.5. The number of thioether (sulfide) groups is 1. The number of hydrogen-bond donors (Lipinski definition) is 1. The van der Waals surface area contributed by atoms with Crippen molar-refractivity contribution in [2.45, 2.75) is 11.3 Å². The number of benzene rings is 2. The Bertz CT molecular complexity index is 929. The predicted molar refractivity (Wildman–Crippen MR) is 97.4 cm³/mol. The Hall–Kier alpha value is -2.60. The summed E-state index contributed by atoms with van der Waals surface area (Å²) in [6, 6.07) is 10.7. The van der Waals surface area contributed by atoms with Gasteiger partial charge in [-0.1, -0.05) is 6.07 Å². The number of furan rings is 1. The topological polar surface area (TPSA) is 68.9 Å². The second-order valence-corrected chi connectivity index (χ2v) is 6.25. The second-order valence-electron chi connectivity index (χ2n) is 5.43. The van der Waals surface area contributed by atoms with Gasteiger partial charge in [-0.2, -0.15) is 0 Å². The fraction of sp³-hybridized carbons (Fsp3) is 0.211. The van der Waals surface area contributed by atoms with E-state index in [-0.39, 0.29) is 18.1 Å². The molecule has 0 atom stereocenters. The maximum Gasteiger partial charge on any atom is 0.309 e. The number of phenols is 1. The van der Waals surface area contributed by atoms with Crippen LogP contribution in [0.3, 0.4) is 0 Å². The van der Waals surface area contributed by atoms with Crippen molar-refractivity contribution in [3.63, 3.8) is 0 Å². The molecule has 0 fully saturated rings. The van der Waals surface area contributed by atoms with Crippen LogP contribution in [0.2, 0.25) is 0 Å². The minimum Gasteiger partial charge on any atom is -0.507 e. The van der Waals surface area contributed by atoms with E-state index in [0.29, 0.717) is 22.7 Å². The van der Waals surface area contributed by atoms with Crippen molar-refractivity contribution >= 4 is 28.7 Å². The number of methoxy groups -OCH3 is 2. The van der Waals surface area contributed by atoms with Crippen LogP contribution in [0.4, 0.5) is 0 Å². The highest BCUT2D eigenvalue weighted by Gasteiger charge is 2.19. The minimum atomic E-state index is -0.290. The van der Waals surface area contributed by atoms with Crippen molar-refractivity contribution in [2.24, 2.45) is 0 Å². The lowest BCUT2D eigenvalue weighted by atomic mass is 10.1. The largest absolute Gasteiger partial charge is 0.507 e. The smallest absolute Gasteiger partial charge is 0.309 e. The number of rotatable bonds is 5. The first-order valence-corrected chi connectivity index (χ1v) is 8.83. The number of hydrogen-bond acceptors (Lipinski definition) is 6. The van der Waals surface area contributed by atoms with Crippen LogP contribution in [0.25, 0.3) is 22.3 Å². The molecule has 1 heterocycles. The van der Waals surface area contributed by atoms with Crippen LogP contribution in [0.5, 0.6) is 11.5 Å². The van der Waals surface area contributed by atoms with Crippen molar-refractivity contribution in [3.05, 3.63) is 42.0 Å². The summed E-state index contributed by atoms with van der Waals surface area (Å²) < 4.78 is 15.8. The molecule has 1 aromatic heterocycles. The summed E-state index contributed by atoms with van der Waals surface area (Å²) in [7, 11) is 2.92. The summed E-state index contributed by atoms with van der Waals surface area (Å²) in [5.41, 5.74) is 2.14. The molecule has 0 aliphatic heterocycles. The molecule has 0 unspecified atom stereocenters. The van der Waals surface area contributed by atoms with Gasteiger partial charge in [0.05, 0.1) is 31.1 Å². The van der Waals surface area contributed by atoms with Crippen LogP contribution in [0.1, 0.15) is 5.56 Å². The molecule has 1 N–H and O–H groups in total. The summed E-state index contributed by atoms with van der Waals surface area (Å²) >= 11 is 1.53. The molecule has 2 aromatic carbocycles. The fourth-order valence-electron chi connectivity index (χ4n) is 2.68. The zero-order chi connectivity index (χ0) is 18.0. The van der Waals surface area contributed by atoms with Crippen molar-refractivity contribution < 1.29 is 23.8 Å². The number of aromatic hydroxyl groups is 1. The number of esters is 1. The van der Waals surface area contributed by atoms with Gasteiger partial charge in [0.2, 0.25) is 0 Å². The summed E-state index contributed by atoms with van der Waals surface area (Å²) in [6.45, 7) is 0. The van der Waals surface area contributed by atoms with Crippen LogP contribution in [0, 0.1) is 0 Å². The molecule has 0 bridgehead atoms. The molecule has 0 spiro atoms. The van der Waals surface area contributed by atoms with Gasteiger partial charge in [0.1, 0.15) is 17.1 Å². The Balaban J connectivity index is 2.11. The van der Waals surface area contributed by atoms with E-state index in [2.05, 4.69) is 0 Å². The monoisotopic (exact) mass is 358 g/mol. The van der Waals surface area contributed by atoms with Crippen LogP contribution in [-0.2, 0) is 16.0 Å². The number of carbonyl (C=O) groups is 1. The van der Waals surface area contributed by atoms with Crippen molar-refractivity contribution in [1.29, 1.82) is 0 Å². The molecule has 0 radical (unpaired) electrons. The van der Waals surface area contributed by atoms with Crippen molar-refractivity contribution in [3.8, 4) is 22.8 Å². The summed E-state index contributed by atoms with van der Waals surface area (Å²) in [4.78, 5) is 12.4. The lowest BCUT2D eigenvalue weighted by molar-refractivity contribution is -0.139. The highest BCUT2D eigenvalue weighted by molar-refractivity contribution is 7.99. The van der Waals surface area contributed by atoms with Gasteiger partial charge in [0.25, 0.3) is 0 Å². The lowest BCUT2D eigenvalue weighted by Crippen LogP contribution is -2.03. The van der Waals surface area contributed by atoms with Gasteiger partial charge in [-0.15, -0.1) is 11.8 Å². The van der Waals surface area contributed by atoms with Gasteiger partial charge in [-0.05, 0) is 36.1 Å². The molecule has 3 aromatic rings. The average Bonchev–Trinajstić information content (AvgIpc) is 2.98. The summed E-state index contributed by atoms with van der Waals surface area (Å²) in [5, 5.41) is 11.2. The van der Waals surface area contributed by atoms with Gasteiger partial charge in [0.15, 0.2) is 5.76 Å². The highest BCUT2D eigenvalue weighted by Crippen LogP contribution is 2.43. The highest BCUT2D eigenvalue weighted by atomic mass is 32.2. The van der Waals surface area contributed by atoms with Crippen molar-refractivity contribution in [2.75, 3.05) is 20.5 Å². The molecule has 6 heteroatoms. The molecule has 0 amide bonds. The van der Waals surface area contributed by atoms with Gasteiger partial charge in [0, 0.05) is 11.5 Å². The standard InChI is InChI=1S/C19H18O5S/c1-22-12-5-6-13(15(20)10-12)18-19(25-3)14-8-11(9-17(21)23-2)4-7-16(14)24-18/h4-8,10,20H,9H2,1-3H3. The zero-order valence-electron chi connectivity index (χ0n) is 14.2. The second kappa shape index (κ2) is 7.11. The summed E-state index contributed by atoms with van der Waals surface area (Å²) in [6.07, 6.45) is 2.15. The molecule has 5 nitrogen and oxygen atoms in total. The van der Waals surface area contributed by atoms with E-state index in [1.807, 2.05) is 24.5 Å². The number of phenolic OH excluding ortho intramolecular Hbond substituents is 1. The van der Waals surface area contributed by atoms with Gasteiger partial charge in [-0.3, -0.25) is 4.79 Å². The van der Waals surface area contributed by atoms with E-state index in [4.69, 9.17) is 13.9 Å². The maximum atomic E-state index is 11.5. The molecule has 0 aliphatic carbocycles. The fourth-order valence-corrected chi connectivity index (χ4v) is 3.40. The van der Waals surface area contributed by atoms with Gasteiger partial charge < -0.3 is 19.0 Å². The Morgan fingerprint density at radius 2 is 2.00 bits per heavy atom. The first-order valence-electron chi connectivity index (χ1n) is 7.61. The third kappa shape index (κ3) is 3.30. The van der Waals surface area contributed by atoms with Crippen LogP contribution in [0.15, 0.2) is 45.7 Å². The van der Waals surface area contributed by atoms with Crippen LogP contribution < -0.4 is 4.74 Å².